The van der Waals surface area contributed by atoms with E-state index in [-0.39, 0.29) is 10.6 Å². The van der Waals surface area contributed by atoms with Gasteiger partial charge in [-0.05, 0) is 35.0 Å². The zero-order valence-electron chi connectivity index (χ0n) is 10.6. The van der Waals surface area contributed by atoms with E-state index in [4.69, 9.17) is 10.7 Å². The number of ether oxygens (including phenoxy) is 1. The Hall–Kier alpha value is -1.12. The minimum atomic E-state index is -3.91. The SMILES string of the molecule is CCn1nc(C(=O)OC)c2cc(S(=O)(=O)Cl)cc(Br)c21. The van der Waals surface area contributed by atoms with Gasteiger partial charge < -0.3 is 4.74 Å². The Morgan fingerprint density at radius 3 is 2.65 bits per heavy atom. The molecule has 0 saturated heterocycles. The summed E-state index contributed by atoms with van der Waals surface area (Å²) in [5.41, 5.74) is 0.657. The zero-order chi connectivity index (χ0) is 15.1. The second kappa shape index (κ2) is 5.34. The molecule has 108 valence electrons. The number of benzene rings is 1. The highest BCUT2D eigenvalue weighted by Gasteiger charge is 2.22. The first kappa shape index (κ1) is 15.3. The summed E-state index contributed by atoms with van der Waals surface area (Å²) in [6.45, 7) is 2.37. The van der Waals surface area contributed by atoms with Crippen LogP contribution in [0.2, 0.25) is 0 Å². The molecule has 0 atom stereocenters. The normalized spacial score (nSPS) is 11.8. The standard InChI is InChI=1S/C11H10BrClN2O4S/c1-3-15-10-7(9(14-15)11(16)19-2)4-6(5-8(10)12)20(13,17)18/h4-5H,3H2,1-2H3. The van der Waals surface area contributed by atoms with Crippen molar-refractivity contribution in [2.75, 3.05) is 7.11 Å². The van der Waals surface area contributed by atoms with E-state index in [0.29, 0.717) is 21.9 Å². The Morgan fingerprint density at radius 2 is 2.15 bits per heavy atom. The molecule has 1 heterocycles. The number of halogens is 2. The molecule has 0 aliphatic heterocycles. The average molecular weight is 382 g/mol. The number of hydrogen-bond acceptors (Lipinski definition) is 5. The first-order valence-corrected chi connectivity index (χ1v) is 8.62. The first-order chi connectivity index (χ1) is 9.29. The number of aryl methyl sites for hydroxylation is 1. The summed E-state index contributed by atoms with van der Waals surface area (Å²) in [6.07, 6.45) is 0. The molecule has 1 aromatic carbocycles. The van der Waals surface area contributed by atoms with Crippen molar-refractivity contribution in [1.29, 1.82) is 0 Å². The van der Waals surface area contributed by atoms with E-state index in [0.717, 1.165) is 0 Å². The van der Waals surface area contributed by atoms with Crippen LogP contribution in [0.25, 0.3) is 10.9 Å². The summed E-state index contributed by atoms with van der Waals surface area (Å²) in [4.78, 5) is 11.6. The van der Waals surface area contributed by atoms with Crippen molar-refractivity contribution < 1.29 is 17.9 Å². The van der Waals surface area contributed by atoms with Gasteiger partial charge in [0.15, 0.2) is 5.69 Å². The fraction of sp³-hybridized carbons (Fsp3) is 0.273. The number of hydrogen-bond donors (Lipinski definition) is 0. The molecule has 0 saturated carbocycles. The van der Waals surface area contributed by atoms with Crippen LogP contribution < -0.4 is 0 Å². The van der Waals surface area contributed by atoms with Crippen molar-refractivity contribution in [3.63, 3.8) is 0 Å². The molecule has 2 rings (SSSR count). The summed E-state index contributed by atoms with van der Waals surface area (Å²) < 4.78 is 29.6. The van der Waals surface area contributed by atoms with Crippen LogP contribution in [0.5, 0.6) is 0 Å². The molecule has 6 nitrogen and oxygen atoms in total. The topological polar surface area (TPSA) is 78.3 Å². The molecule has 0 amide bonds. The van der Waals surface area contributed by atoms with Crippen LogP contribution in [0.15, 0.2) is 21.5 Å². The highest BCUT2D eigenvalue weighted by atomic mass is 79.9. The molecule has 1 aromatic heterocycles. The molecule has 0 radical (unpaired) electrons. The number of rotatable bonds is 3. The van der Waals surface area contributed by atoms with E-state index >= 15 is 0 Å². The summed E-state index contributed by atoms with van der Waals surface area (Å²) in [5.74, 6) is -0.641. The lowest BCUT2D eigenvalue weighted by molar-refractivity contribution is 0.0595. The Morgan fingerprint density at radius 1 is 1.50 bits per heavy atom. The molecule has 0 bridgehead atoms. The maximum atomic E-state index is 11.7. The zero-order valence-corrected chi connectivity index (χ0v) is 13.7. The van der Waals surface area contributed by atoms with Crippen LogP contribution in [0, 0.1) is 0 Å². The molecule has 0 aliphatic rings. The molecule has 0 fully saturated rings. The maximum absolute atomic E-state index is 11.7. The van der Waals surface area contributed by atoms with Gasteiger partial charge in [-0.3, -0.25) is 4.68 Å². The maximum Gasteiger partial charge on any atom is 0.359 e. The third kappa shape index (κ3) is 2.55. The first-order valence-electron chi connectivity index (χ1n) is 5.52. The summed E-state index contributed by atoms with van der Waals surface area (Å²) in [5, 5.41) is 4.50. The van der Waals surface area contributed by atoms with E-state index in [1.807, 2.05) is 6.92 Å². The number of fused-ring (bicyclic) bond motifs is 1. The summed E-state index contributed by atoms with van der Waals surface area (Å²) in [7, 11) is 2.67. The second-order valence-corrected chi connectivity index (χ2v) is 7.32. The van der Waals surface area contributed by atoms with Gasteiger partial charge in [0.1, 0.15) is 0 Å². The number of carbonyl (C=O) groups excluding carboxylic acids is 1. The van der Waals surface area contributed by atoms with Crippen LogP contribution in [0.4, 0.5) is 0 Å². The molecule has 0 spiro atoms. The number of methoxy groups -OCH3 is 1. The lowest BCUT2D eigenvalue weighted by Crippen LogP contribution is -2.04. The number of nitrogens with zero attached hydrogens (tertiary/aromatic N) is 2. The van der Waals surface area contributed by atoms with Crippen LogP contribution in [0.1, 0.15) is 17.4 Å². The monoisotopic (exact) mass is 380 g/mol. The fourth-order valence-electron chi connectivity index (χ4n) is 1.86. The third-order valence-corrected chi connectivity index (χ3v) is 4.67. The van der Waals surface area contributed by atoms with Gasteiger partial charge in [-0.1, -0.05) is 0 Å². The van der Waals surface area contributed by atoms with Crippen molar-refractivity contribution in [1.82, 2.24) is 9.78 Å². The van der Waals surface area contributed by atoms with Crippen LogP contribution in [-0.4, -0.2) is 31.3 Å². The molecular formula is C11H10BrClN2O4S. The second-order valence-electron chi connectivity index (χ2n) is 3.90. The van der Waals surface area contributed by atoms with E-state index in [1.54, 1.807) is 4.68 Å². The molecule has 2 aromatic rings. The van der Waals surface area contributed by atoms with Gasteiger partial charge in [0.25, 0.3) is 9.05 Å². The summed E-state index contributed by atoms with van der Waals surface area (Å²) >= 11 is 3.28. The van der Waals surface area contributed by atoms with Gasteiger partial charge in [-0.25, -0.2) is 13.2 Å². The van der Waals surface area contributed by atoms with Gasteiger partial charge in [-0.2, -0.15) is 5.10 Å². The number of esters is 1. The van der Waals surface area contributed by atoms with Gasteiger partial charge >= 0.3 is 5.97 Å². The Bertz CT molecular complexity index is 800. The van der Waals surface area contributed by atoms with E-state index in [1.165, 1.54) is 19.2 Å². The van der Waals surface area contributed by atoms with Gasteiger partial charge in [0, 0.05) is 27.1 Å². The van der Waals surface area contributed by atoms with Crippen molar-refractivity contribution in [3.8, 4) is 0 Å². The van der Waals surface area contributed by atoms with Crippen molar-refractivity contribution in [3.05, 3.63) is 22.3 Å². The highest BCUT2D eigenvalue weighted by molar-refractivity contribution is 9.10. The summed E-state index contributed by atoms with van der Waals surface area (Å²) in [6, 6.07) is 2.69. The van der Waals surface area contributed by atoms with E-state index in [9.17, 15) is 13.2 Å². The Kier molecular flexibility index (Phi) is 4.08. The fourth-order valence-corrected chi connectivity index (χ4v) is 3.46. The molecule has 20 heavy (non-hydrogen) atoms. The molecule has 0 aliphatic carbocycles. The van der Waals surface area contributed by atoms with Crippen LogP contribution >= 0.6 is 26.6 Å². The minimum absolute atomic E-state index is 0.0483. The van der Waals surface area contributed by atoms with Crippen molar-refractivity contribution in [2.24, 2.45) is 0 Å². The average Bonchev–Trinajstić information content (AvgIpc) is 2.76. The van der Waals surface area contributed by atoms with Crippen molar-refractivity contribution >= 4 is 52.5 Å². The molecule has 9 heteroatoms. The van der Waals surface area contributed by atoms with Gasteiger partial charge in [-0.15, -0.1) is 0 Å². The molecular weight excluding hydrogens is 372 g/mol. The number of carbonyl (C=O) groups is 1. The molecule has 0 N–H and O–H groups in total. The lowest BCUT2D eigenvalue weighted by atomic mass is 10.2. The Labute approximate surface area is 128 Å². The van der Waals surface area contributed by atoms with E-state index in [2.05, 4.69) is 25.8 Å². The highest BCUT2D eigenvalue weighted by Crippen LogP contribution is 2.31. The quantitative estimate of drug-likeness (QED) is 0.603. The van der Waals surface area contributed by atoms with Crippen LogP contribution in [-0.2, 0) is 20.3 Å². The predicted molar refractivity (Wildman–Crippen MR) is 77.5 cm³/mol. The van der Waals surface area contributed by atoms with E-state index < -0.39 is 15.0 Å². The lowest BCUT2D eigenvalue weighted by Gasteiger charge is -2.03. The molecule has 0 unspecified atom stereocenters. The largest absolute Gasteiger partial charge is 0.464 e. The van der Waals surface area contributed by atoms with Crippen LogP contribution in [0.3, 0.4) is 0 Å². The third-order valence-electron chi connectivity index (χ3n) is 2.73. The minimum Gasteiger partial charge on any atom is -0.464 e. The Balaban J connectivity index is 2.89. The van der Waals surface area contributed by atoms with Crippen molar-refractivity contribution in [2.45, 2.75) is 18.4 Å². The van der Waals surface area contributed by atoms with Gasteiger partial charge in [0.05, 0.1) is 17.5 Å². The smallest absolute Gasteiger partial charge is 0.359 e. The predicted octanol–water partition coefficient (Wildman–Crippen LogP) is 2.53. The number of aromatic nitrogens is 2. The van der Waals surface area contributed by atoms with Gasteiger partial charge in [0.2, 0.25) is 0 Å².